The maximum atomic E-state index is 5.97. The zero-order valence-electron chi connectivity index (χ0n) is 9.73. The number of methoxy groups -OCH3 is 2. The molecule has 2 rings (SSSR count). The molecule has 4 atom stereocenters. The molecule has 5 nitrogen and oxygen atoms in total. The highest BCUT2D eigenvalue weighted by atomic mass is 16.7. The molecule has 2 bridgehead atoms. The van der Waals surface area contributed by atoms with Crippen LogP contribution in [0.1, 0.15) is 6.92 Å². The predicted octanol–water partition coefficient (Wildman–Crippen LogP) is 0.0509. The van der Waals surface area contributed by atoms with E-state index in [0.717, 1.165) is 0 Å². The lowest BCUT2D eigenvalue weighted by Gasteiger charge is -2.41. The van der Waals surface area contributed by atoms with Crippen LogP contribution in [0.5, 0.6) is 0 Å². The van der Waals surface area contributed by atoms with Gasteiger partial charge in [-0.1, -0.05) is 0 Å². The largest absolute Gasteiger partial charge is 0.381 e. The van der Waals surface area contributed by atoms with Crippen molar-refractivity contribution in [3.63, 3.8) is 0 Å². The number of hydrogen-bond donors (Lipinski definition) is 0. The lowest BCUT2D eigenvalue weighted by molar-refractivity contribution is -0.261. The lowest BCUT2D eigenvalue weighted by atomic mass is 9.93. The predicted molar refractivity (Wildman–Crippen MR) is 53.5 cm³/mol. The summed E-state index contributed by atoms with van der Waals surface area (Å²) in [4.78, 5) is 5.57. The molecule has 2 fully saturated rings. The molecule has 2 aliphatic heterocycles. The van der Waals surface area contributed by atoms with Gasteiger partial charge >= 0.3 is 0 Å². The number of fused-ring (bicyclic) bond motifs is 2. The molecule has 0 aromatic rings. The molecule has 88 valence electrons. The summed E-state index contributed by atoms with van der Waals surface area (Å²) in [7, 11) is 5.29. The summed E-state index contributed by atoms with van der Waals surface area (Å²) >= 11 is 0. The number of ether oxygens (including phenoxy) is 3. The first-order valence-corrected chi connectivity index (χ1v) is 5.20. The summed E-state index contributed by atoms with van der Waals surface area (Å²) in [6, 6.07) is 0.138. The van der Waals surface area contributed by atoms with Gasteiger partial charge in [0.15, 0.2) is 0 Å². The van der Waals surface area contributed by atoms with Gasteiger partial charge in [0.05, 0.1) is 18.8 Å². The van der Waals surface area contributed by atoms with E-state index in [1.54, 1.807) is 14.2 Å². The zero-order valence-corrected chi connectivity index (χ0v) is 9.73. The van der Waals surface area contributed by atoms with Crippen LogP contribution in [0.15, 0.2) is 0 Å². The minimum Gasteiger partial charge on any atom is -0.381 e. The summed E-state index contributed by atoms with van der Waals surface area (Å²) in [6.07, 6.45) is 0.101. The number of hydrogen-bond acceptors (Lipinski definition) is 5. The fourth-order valence-corrected chi connectivity index (χ4v) is 2.72. The molecule has 1 unspecified atom stereocenters. The Balaban J connectivity index is 2.25. The van der Waals surface area contributed by atoms with E-state index in [0.29, 0.717) is 13.2 Å². The Bertz CT molecular complexity index is 237. The molecular formula is C10H19NO4. The van der Waals surface area contributed by atoms with Gasteiger partial charge in [0.25, 0.3) is 0 Å². The maximum Gasteiger partial charge on any atom is 0.145 e. The van der Waals surface area contributed by atoms with E-state index in [2.05, 4.69) is 0 Å². The molecular weight excluding hydrogens is 198 g/mol. The minimum absolute atomic E-state index is 0.00574. The molecule has 2 saturated heterocycles. The molecule has 0 saturated carbocycles. The molecule has 0 aromatic carbocycles. The Morgan fingerprint density at radius 2 is 2.20 bits per heavy atom. The number of nitrogens with zero attached hydrogens (tertiary/aromatic N) is 1. The summed E-state index contributed by atoms with van der Waals surface area (Å²) in [6.45, 7) is 3.02. The third kappa shape index (κ3) is 1.59. The number of likely N-dealkylation sites (N-methyl/N-ethyl adjacent to an activating group) is 1. The average Bonchev–Trinajstić information content (AvgIpc) is 2.41. The van der Waals surface area contributed by atoms with Crippen LogP contribution in [-0.4, -0.2) is 63.4 Å². The van der Waals surface area contributed by atoms with Crippen LogP contribution in [0.4, 0.5) is 0 Å². The van der Waals surface area contributed by atoms with Crippen LogP contribution in [0.25, 0.3) is 0 Å². The van der Waals surface area contributed by atoms with E-state index in [-0.39, 0.29) is 18.2 Å². The standard InChI is InChI=1S/C10H19NO4/c1-7-8-9(13-4)10(15-7,5-12-3)6-14-11(8)2/h7-9H,5-6H2,1-4H3/t7-,8?,9+,10-/m0/s1. The van der Waals surface area contributed by atoms with Gasteiger partial charge in [-0.25, -0.2) is 0 Å². The monoisotopic (exact) mass is 217 g/mol. The van der Waals surface area contributed by atoms with Gasteiger partial charge in [0.1, 0.15) is 18.3 Å². The normalized spacial score (nSPS) is 46.0. The lowest BCUT2D eigenvalue weighted by Crippen LogP contribution is -2.60. The molecule has 0 amide bonds. The fraction of sp³-hybridized carbons (Fsp3) is 1.00. The Kier molecular flexibility index (Phi) is 3.00. The SMILES string of the molecule is COC[C@@]12CON(C)C([C@H](C)O1)[C@H]2OC. The van der Waals surface area contributed by atoms with E-state index >= 15 is 0 Å². The summed E-state index contributed by atoms with van der Waals surface area (Å²) in [5.41, 5.74) is -0.444. The molecule has 0 radical (unpaired) electrons. The second-order valence-electron chi connectivity index (χ2n) is 4.29. The summed E-state index contributed by atoms with van der Waals surface area (Å²) < 4.78 is 16.7. The van der Waals surface area contributed by atoms with Crippen LogP contribution in [-0.2, 0) is 19.0 Å². The van der Waals surface area contributed by atoms with Crippen LogP contribution in [0.2, 0.25) is 0 Å². The first-order valence-electron chi connectivity index (χ1n) is 5.20. The van der Waals surface area contributed by atoms with Crippen LogP contribution in [0, 0.1) is 0 Å². The third-order valence-corrected chi connectivity index (χ3v) is 3.31. The van der Waals surface area contributed by atoms with E-state index in [9.17, 15) is 0 Å². The van der Waals surface area contributed by atoms with Crippen molar-refractivity contribution in [1.29, 1.82) is 0 Å². The van der Waals surface area contributed by atoms with Crippen molar-refractivity contribution in [1.82, 2.24) is 5.06 Å². The highest BCUT2D eigenvalue weighted by molar-refractivity contribution is 5.06. The second kappa shape index (κ2) is 3.99. The third-order valence-electron chi connectivity index (χ3n) is 3.31. The molecule has 0 aromatic heterocycles. The smallest absolute Gasteiger partial charge is 0.145 e. The second-order valence-corrected chi connectivity index (χ2v) is 4.29. The number of hydroxylamine groups is 2. The van der Waals surface area contributed by atoms with E-state index in [1.165, 1.54) is 0 Å². The van der Waals surface area contributed by atoms with Gasteiger partial charge < -0.3 is 14.2 Å². The van der Waals surface area contributed by atoms with Gasteiger partial charge in [0.2, 0.25) is 0 Å². The van der Waals surface area contributed by atoms with E-state index in [1.807, 2.05) is 19.0 Å². The van der Waals surface area contributed by atoms with Crippen molar-refractivity contribution in [3.05, 3.63) is 0 Å². The van der Waals surface area contributed by atoms with Crippen molar-refractivity contribution < 1.29 is 19.0 Å². The molecule has 0 spiro atoms. The first kappa shape index (κ1) is 11.3. The van der Waals surface area contributed by atoms with Crippen molar-refractivity contribution in [2.24, 2.45) is 0 Å². The van der Waals surface area contributed by atoms with Gasteiger partial charge in [-0.3, -0.25) is 4.84 Å². The highest BCUT2D eigenvalue weighted by Gasteiger charge is 2.59. The Morgan fingerprint density at radius 3 is 2.80 bits per heavy atom. The molecule has 2 heterocycles. The van der Waals surface area contributed by atoms with E-state index in [4.69, 9.17) is 19.0 Å². The summed E-state index contributed by atoms with van der Waals surface area (Å²) in [5, 5.41) is 1.83. The van der Waals surface area contributed by atoms with Gasteiger partial charge in [0, 0.05) is 21.3 Å². The molecule has 2 aliphatic rings. The Labute approximate surface area is 90.2 Å². The quantitative estimate of drug-likeness (QED) is 0.668. The molecule has 0 N–H and O–H groups in total. The van der Waals surface area contributed by atoms with Gasteiger partial charge in [-0.2, -0.15) is 5.06 Å². The maximum absolute atomic E-state index is 5.97. The highest BCUT2D eigenvalue weighted by Crippen LogP contribution is 2.39. The van der Waals surface area contributed by atoms with Crippen molar-refractivity contribution in [3.8, 4) is 0 Å². The molecule has 15 heavy (non-hydrogen) atoms. The van der Waals surface area contributed by atoms with E-state index < -0.39 is 5.60 Å². The van der Waals surface area contributed by atoms with Crippen molar-refractivity contribution in [2.45, 2.75) is 30.8 Å². The van der Waals surface area contributed by atoms with Crippen molar-refractivity contribution in [2.75, 3.05) is 34.5 Å². The Morgan fingerprint density at radius 1 is 1.47 bits per heavy atom. The van der Waals surface area contributed by atoms with Gasteiger partial charge in [-0.15, -0.1) is 0 Å². The Hall–Kier alpha value is -0.200. The molecule has 0 aliphatic carbocycles. The first-order chi connectivity index (χ1) is 7.14. The zero-order chi connectivity index (χ0) is 11.1. The average molecular weight is 217 g/mol. The van der Waals surface area contributed by atoms with Crippen LogP contribution >= 0.6 is 0 Å². The molecule has 5 heteroatoms. The summed E-state index contributed by atoms with van der Waals surface area (Å²) in [5.74, 6) is 0. The van der Waals surface area contributed by atoms with Crippen molar-refractivity contribution >= 4 is 0 Å². The van der Waals surface area contributed by atoms with Crippen LogP contribution in [0.3, 0.4) is 0 Å². The van der Waals surface area contributed by atoms with Gasteiger partial charge in [-0.05, 0) is 6.92 Å². The number of rotatable bonds is 3. The fourth-order valence-electron chi connectivity index (χ4n) is 2.72. The van der Waals surface area contributed by atoms with Crippen LogP contribution < -0.4 is 0 Å². The topological polar surface area (TPSA) is 40.2 Å². The minimum atomic E-state index is -0.444.